The number of nitrogens with one attached hydrogen (secondary N) is 1. The van der Waals surface area contributed by atoms with E-state index in [1.165, 1.54) is 11.8 Å². The maximum absolute atomic E-state index is 12.4. The number of carbonyl (C=O) groups is 1. The number of carbonyl (C=O) groups excluding carboxylic acids is 1. The molecule has 0 saturated carbocycles. The third kappa shape index (κ3) is 3.86. The van der Waals surface area contributed by atoms with E-state index >= 15 is 0 Å². The summed E-state index contributed by atoms with van der Waals surface area (Å²) >= 11 is 0. The van der Waals surface area contributed by atoms with Crippen molar-refractivity contribution in [3.63, 3.8) is 0 Å². The Hall–Kier alpha value is -2.31. The Morgan fingerprint density at radius 1 is 1.28 bits per heavy atom. The molecule has 1 amide bonds. The highest BCUT2D eigenvalue weighted by Crippen LogP contribution is 2.35. The molecule has 2 aromatic rings. The van der Waals surface area contributed by atoms with Crippen molar-refractivity contribution in [2.45, 2.75) is 24.8 Å². The Morgan fingerprint density at radius 3 is 2.60 bits per heavy atom. The topological polar surface area (TPSA) is 86.7 Å². The van der Waals surface area contributed by atoms with Gasteiger partial charge in [-0.2, -0.15) is 0 Å². The maximum Gasteiger partial charge on any atom is 0.254 e. The van der Waals surface area contributed by atoms with E-state index in [9.17, 15) is 4.79 Å². The molecular weight excluding hydrogens is 320 g/mol. The summed E-state index contributed by atoms with van der Waals surface area (Å²) < 4.78 is 16.0. The molecule has 2 heterocycles. The number of furan rings is 1. The summed E-state index contributed by atoms with van der Waals surface area (Å²) in [5.74, 6) is 1.27. The largest absolute Gasteiger partial charge is 0.497 e. The maximum atomic E-state index is 12.4. The third-order valence-electron chi connectivity index (χ3n) is 4.86. The molecule has 0 atom stereocenters. The number of methoxy groups -OCH3 is 1. The van der Waals surface area contributed by atoms with Gasteiger partial charge in [0.05, 0.1) is 19.2 Å². The molecular formula is C19H24N2O4. The normalized spacial score (nSPS) is 16.4. The molecule has 1 aliphatic heterocycles. The Bertz CT molecular complexity index is 702. The van der Waals surface area contributed by atoms with Crippen LogP contribution in [0, 0.1) is 0 Å². The first-order chi connectivity index (χ1) is 12.2. The molecule has 25 heavy (non-hydrogen) atoms. The monoisotopic (exact) mass is 344 g/mol. The quantitative estimate of drug-likeness (QED) is 0.839. The van der Waals surface area contributed by atoms with Crippen molar-refractivity contribution in [3.8, 4) is 5.75 Å². The molecule has 0 spiro atoms. The minimum Gasteiger partial charge on any atom is -0.497 e. The Balaban J connectivity index is 1.75. The third-order valence-corrected chi connectivity index (χ3v) is 4.86. The summed E-state index contributed by atoms with van der Waals surface area (Å²) in [6.45, 7) is 2.20. The lowest BCUT2D eigenvalue weighted by Crippen LogP contribution is -2.44. The fourth-order valence-corrected chi connectivity index (χ4v) is 3.23. The van der Waals surface area contributed by atoms with E-state index in [0.29, 0.717) is 31.1 Å². The summed E-state index contributed by atoms with van der Waals surface area (Å²) in [5, 5.41) is 3.05. The molecule has 1 aromatic heterocycles. The second-order valence-corrected chi connectivity index (χ2v) is 6.31. The van der Waals surface area contributed by atoms with Crippen molar-refractivity contribution in [1.29, 1.82) is 0 Å². The van der Waals surface area contributed by atoms with Gasteiger partial charge in [0.25, 0.3) is 5.91 Å². The summed E-state index contributed by atoms with van der Waals surface area (Å²) in [6.07, 6.45) is 3.17. The molecule has 3 N–H and O–H groups in total. The summed E-state index contributed by atoms with van der Waals surface area (Å²) in [6, 6.07) is 9.73. The van der Waals surface area contributed by atoms with E-state index < -0.39 is 0 Å². The molecule has 6 nitrogen and oxygen atoms in total. The zero-order valence-corrected chi connectivity index (χ0v) is 14.4. The van der Waals surface area contributed by atoms with E-state index in [-0.39, 0.29) is 17.9 Å². The van der Waals surface area contributed by atoms with Gasteiger partial charge in [0.15, 0.2) is 0 Å². The Morgan fingerprint density at radius 2 is 2.00 bits per heavy atom. The average Bonchev–Trinajstić information content (AvgIpc) is 3.16. The van der Waals surface area contributed by atoms with E-state index in [2.05, 4.69) is 17.4 Å². The van der Waals surface area contributed by atoms with Crippen LogP contribution in [0.1, 0.15) is 34.5 Å². The summed E-state index contributed by atoms with van der Waals surface area (Å²) in [4.78, 5) is 12.4. The number of hydrogen-bond donors (Lipinski definition) is 2. The summed E-state index contributed by atoms with van der Waals surface area (Å²) in [7, 11) is 1.65. The van der Waals surface area contributed by atoms with Gasteiger partial charge in [-0.1, -0.05) is 12.1 Å². The van der Waals surface area contributed by atoms with Crippen LogP contribution in [0.3, 0.4) is 0 Å². The second kappa shape index (κ2) is 7.72. The van der Waals surface area contributed by atoms with E-state index in [1.54, 1.807) is 13.2 Å². The number of benzene rings is 1. The van der Waals surface area contributed by atoms with Gasteiger partial charge >= 0.3 is 0 Å². The minimum atomic E-state index is -0.150. The van der Waals surface area contributed by atoms with Crippen molar-refractivity contribution in [2.24, 2.45) is 5.73 Å². The van der Waals surface area contributed by atoms with Crippen LogP contribution in [0.2, 0.25) is 0 Å². The fraction of sp³-hybridized carbons (Fsp3) is 0.421. The highest BCUT2D eigenvalue weighted by atomic mass is 16.5. The van der Waals surface area contributed by atoms with Crippen molar-refractivity contribution in [1.82, 2.24) is 5.32 Å². The molecule has 0 aliphatic carbocycles. The standard InChI is InChI=1S/C19H24N2O4/c1-23-16-4-2-15(3-5-16)19(6-8-24-9-7-19)13-21-18(22)14-10-17(11-20)25-12-14/h2-5,10,12H,6-9,11,13,20H2,1H3,(H,21,22). The van der Waals surface area contributed by atoms with Gasteiger partial charge in [0.1, 0.15) is 17.8 Å². The molecule has 1 aromatic carbocycles. The highest BCUT2D eigenvalue weighted by molar-refractivity contribution is 5.94. The molecule has 0 radical (unpaired) electrons. The predicted octanol–water partition coefficient (Wildman–Crippen LogP) is 2.23. The SMILES string of the molecule is COc1ccc(C2(CNC(=O)c3coc(CN)c3)CCOCC2)cc1. The smallest absolute Gasteiger partial charge is 0.254 e. The molecule has 3 rings (SSSR count). The highest BCUT2D eigenvalue weighted by Gasteiger charge is 2.35. The molecule has 1 saturated heterocycles. The van der Waals surface area contributed by atoms with Gasteiger partial charge in [-0.3, -0.25) is 4.79 Å². The first kappa shape index (κ1) is 17.5. The van der Waals surface area contributed by atoms with Crippen molar-refractivity contribution in [3.05, 3.63) is 53.5 Å². The minimum absolute atomic E-state index is 0.138. The first-order valence-electron chi connectivity index (χ1n) is 8.45. The lowest BCUT2D eigenvalue weighted by atomic mass is 9.74. The van der Waals surface area contributed by atoms with Crippen LogP contribution in [0.15, 0.2) is 41.0 Å². The molecule has 6 heteroatoms. The van der Waals surface area contributed by atoms with Gasteiger partial charge in [0, 0.05) is 25.2 Å². The molecule has 1 aliphatic rings. The van der Waals surface area contributed by atoms with Gasteiger partial charge in [-0.25, -0.2) is 0 Å². The van der Waals surface area contributed by atoms with E-state index in [1.807, 2.05) is 12.1 Å². The Kier molecular flexibility index (Phi) is 5.40. The number of rotatable bonds is 6. The number of hydrogen-bond acceptors (Lipinski definition) is 5. The van der Waals surface area contributed by atoms with Crippen LogP contribution >= 0.6 is 0 Å². The van der Waals surface area contributed by atoms with Gasteiger partial charge in [0.2, 0.25) is 0 Å². The average molecular weight is 344 g/mol. The van der Waals surface area contributed by atoms with Crippen molar-refractivity contribution in [2.75, 3.05) is 26.9 Å². The zero-order chi connectivity index (χ0) is 17.7. The van der Waals surface area contributed by atoms with Gasteiger partial charge in [-0.05, 0) is 36.6 Å². The molecule has 1 fully saturated rings. The predicted molar refractivity (Wildman–Crippen MR) is 93.7 cm³/mol. The van der Waals surface area contributed by atoms with Crippen LogP contribution in [0.4, 0.5) is 0 Å². The van der Waals surface area contributed by atoms with Crippen molar-refractivity contribution >= 4 is 5.91 Å². The van der Waals surface area contributed by atoms with E-state index in [4.69, 9.17) is 19.6 Å². The Labute approximate surface area is 147 Å². The molecule has 134 valence electrons. The molecule has 0 bridgehead atoms. The zero-order valence-electron chi connectivity index (χ0n) is 14.4. The van der Waals surface area contributed by atoms with Crippen molar-refractivity contribution < 1.29 is 18.7 Å². The summed E-state index contributed by atoms with van der Waals surface area (Å²) in [5.41, 5.74) is 7.07. The van der Waals surface area contributed by atoms with Crippen LogP contribution in [0.25, 0.3) is 0 Å². The number of amides is 1. The van der Waals surface area contributed by atoms with Crippen LogP contribution in [-0.4, -0.2) is 32.8 Å². The number of nitrogens with two attached hydrogens (primary N) is 1. The van der Waals surface area contributed by atoms with Crippen LogP contribution in [0.5, 0.6) is 5.75 Å². The van der Waals surface area contributed by atoms with E-state index in [0.717, 1.165) is 18.6 Å². The molecule has 0 unspecified atom stereocenters. The van der Waals surface area contributed by atoms with Crippen LogP contribution < -0.4 is 15.8 Å². The lowest BCUT2D eigenvalue weighted by Gasteiger charge is -2.38. The second-order valence-electron chi connectivity index (χ2n) is 6.31. The number of ether oxygens (including phenoxy) is 2. The van der Waals surface area contributed by atoms with Crippen LogP contribution in [-0.2, 0) is 16.7 Å². The van der Waals surface area contributed by atoms with Gasteiger partial charge < -0.3 is 24.9 Å². The first-order valence-corrected chi connectivity index (χ1v) is 8.45. The lowest BCUT2D eigenvalue weighted by molar-refractivity contribution is 0.0487. The fourth-order valence-electron chi connectivity index (χ4n) is 3.23. The van der Waals surface area contributed by atoms with Gasteiger partial charge in [-0.15, -0.1) is 0 Å².